The van der Waals surface area contributed by atoms with Gasteiger partial charge in [-0.05, 0) is 31.2 Å². The van der Waals surface area contributed by atoms with Crippen molar-refractivity contribution >= 4 is 28.9 Å². The largest absolute Gasteiger partial charge is 0.492 e. The lowest BCUT2D eigenvalue weighted by atomic mass is 10.2. The van der Waals surface area contributed by atoms with E-state index in [0.717, 1.165) is 24.5 Å². The third kappa shape index (κ3) is 5.26. The molecule has 0 spiro atoms. The first-order valence-electron chi connectivity index (χ1n) is 9.81. The summed E-state index contributed by atoms with van der Waals surface area (Å²) in [4.78, 5) is 28.8. The molecule has 7 heteroatoms. The van der Waals surface area contributed by atoms with Gasteiger partial charge in [0.05, 0.1) is 36.9 Å². The second kappa shape index (κ2) is 9.93. The van der Waals surface area contributed by atoms with Crippen LogP contribution in [0.15, 0.2) is 48.5 Å². The van der Waals surface area contributed by atoms with Gasteiger partial charge in [-0.2, -0.15) is 0 Å². The molecule has 29 heavy (non-hydrogen) atoms. The highest BCUT2D eigenvalue weighted by molar-refractivity contribution is 6.04. The fraction of sp³-hybridized carbons (Fsp3) is 0.364. The molecule has 1 N–H and O–H groups in total. The van der Waals surface area contributed by atoms with Crippen LogP contribution in [0, 0.1) is 0 Å². The van der Waals surface area contributed by atoms with E-state index in [4.69, 9.17) is 9.47 Å². The minimum absolute atomic E-state index is 0.0862. The van der Waals surface area contributed by atoms with Gasteiger partial charge in [-0.25, -0.2) is 0 Å². The summed E-state index contributed by atoms with van der Waals surface area (Å²) < 4.78 is 11.0. The summed E-state index contributed by atoms with van der Waals surface area (Å²) >= 11 is 0. The Bertz CT molecular complexity index is 849. The topological polar surface area (TPSA) is 71.1 Å². The molecular formula is C22H27N3O4. The van der Waals surface area contributed by atoms with Crippen LogP contribution >= 0.6 is 0 Å². The van der Waals surface area contributed by atoms with Gasteiger partial charge in [0.2, 0.25) is 11.8 Å². The molecule has 2 aromatic rings. The van der Waals surface area contributed by atoms with Gasteiger partial charge >= 0.3 is 0 Å². The van der Waals surface area contributed by atoms with Crippen molar-refractivity contribution in [1.82, 2.24) is 0 Å². The molecule has 0 radical (unpaired) electrons. The Balaban J connectivity index is 1.79. The fourth-order valence-electron chi connectivity index (χ4n) is 3.31. The molecule has 2 amide bonds. The van der Waals surface area contributed by atoms with E-state index >= 15 is 0 Å². The van der Waals surface area contributed by atoms with Gasteiger partial charge in [0.15, 0.2) is 0 Å². The number of morpholine rings is 1. The SMILES string of the molecule is CCOc1ccccc1NC(=O)CN(C(C)=O)c1ccccc1N1CCOCC1. The number of anilines is 3. The van der Waals surface area contributed by atoms with Crippen molar-refractivity contribution in [2.45, 2.75) is 13.8 Å². The van der Waals surface area contributed by atoms with Crippen LogP contribution in [-0.2, 0) is 14.3 Å². The van der Waals surface area contributed by atoms with Crippen LogP contribution in [0.1, 0.15) is 13.8 Å². The standard InChI is InChI=1S/C22H27N3O4/c1-3-29-21-11-7-4-8-18(21)23-22(27)16-25(17(2)26)20-10-6-5-9-19(20)24-12-14-28-15-13-24/h4-11H,3,12-16H2,1-2H3,(H,23,27). The molecular weight excluding hydrogens is 370 g/mol. The second-order valence-electron chi connectivity index (χ2n) is 6.67. The first-order valence-corrected chi connectivity index (χ1v) is 9.81. The molecule has 1 aliphatic rings. The number of carbonyl (C=O) groups is 2. The van der Waals surface area contributed by atoms with Gasteiger partial charge in [0.25, 0.3) is 0 Å². The Kier molecular flexibility index (Phi) is 7.08. The van der Waals surface area contributed by atoms with Gasteiger partial charge in [-0.3, -0.25) is 9.59 Å². The molecule has 3 rings (SSSR count). The number of hydrogen-bond acceptors (Lipinski definition) is 5. The zero-order chi connectivity index (χ0) is 20.6. The maximum absolute atomic E-state index is 12.8. The first kappa shape index (κ1) is 20.7. The number of carbonyl (C=O) groups excluding carboxylic acids is 2. The summed E-state index contributed by atoms with van der Waals surface area (Å²) in [6.07, 6.45) is 0. The Morgan fingerprint density at radius 1 is 1.10 bits per heavy atom. The van der Waals surface area contributed by atoms with Crippen molar-refractivity contribution in [1.29, 1.82) is 0 Å². The predicted molar refractivity (Wildman–Crippen MR) is 114 cm³/mol. The van der Waals surface area contributed by atoms with Gasteiger partial charge < -0.3 is 24.6 Å². The molecule has 1 fully saturated rings. The minimum Gasteiger partial charge on any atom is -0.492 e. The smallest absolute Gasteiger partial charge is 0.244 e. The van der Waals surface area contributed by atoms with Gasteiger partial charge in [0, 0.05) is 20.0 Å². The van der Waals surface area contributed by atoms with Crippen LogP contribution in [0.3, 0.4) is 0 Å². The van der Waals surface area contributed by atoms with E-state index in [-0.39, 0.29) is 18.4 Å². The number of para-hydroxylation sites is 4. The third-order valence-electron chi connectivity index (χ3n) is 4.67. The summed E-state index contributed by atoms with van der Waals surface area (Å²) in [6, 6.07) is 14.9. The van der Waals surface area contributed by atoms with E-state index in [0.29, 0.717) is 31.3 Å². The summed E-state index contributed by atoms with van der Waals surface area (Å²) in [5.41, 5.74) is 2.23. The Labute approximate surface area is 171 Å². The summed E-state index contributed by atoms with van der Waals surface area (Å²) in [5.74, 6) is 0.120. The first-order chi connectivity index (χ1) is 14.1. The number of benzene rings is 2. The van der Waals surface area contributed by atoms with Crippen LogP contribution in [0.25, 0.3) is 0 Å². The predicted octanol–water partition coefficient (Wildman–Crippen LogP) is 2.91. The van der Waals surface area contributed by atoms with Crippen molar-refractivity contribution in [3.63, 3.8) is 0 Å². The van der Waals surface area contributed by atoms with E-state index in [1.807, 2.05) is 43.3 Å². The molecule has 2 aromatic carbocycles. The lowest BCUT2D eigenvalue weighted by Gasteiger charge is -2.33. The van der Waals surface area contributed by atoms with E-state index in [9.17, 15) is 9.59 Å². The summed E-state index contributed by atoms with van der Waals surface area (Å²) in [6.45, 7) is 6.55. The van der Waals surface area contributed by atoms with Crippen molar-refractivity contribution in [2.24, 2.45) is 0 Å². The van der Waals surface area contributed by atoms with E-state index < -0.39 is 0 Å². The Hall–Kier alpha value is -3.06. The number of rotatable bonds is 7. The molecule has 0 atom stereocenters. The van der Waals surface area contributed by atoms with Crippen molar-refractivity contribution < 1.29 is 19.1 Å². The van der Waals surface area contributed by atoms with Crippen LogP contribution < -0.4 is 19.9 Å². The molecule has 1 heterocycles. The molecule has 0 aromatic heterocycles. The van der Waals surface area contributed by atoms with Gasteiger partial charge in [-0.15, -0.1) is 0 Å². The van der Waals surface area contributed by atoms with Crippen molar-refractivity contribution in [2.75, 3.05) is 54.6 Å². The number of amides is 2. The van der Waals surface area contributed by atoms with Crippen LogP contribution in [0.5, 0.6) is 5.75 Å². The monoisotopic (exact) mass is 397 g/mol. The van der Waals surface area contributed by atoms with Crippen LogP contribution in [-0.4, -0.2) is 51.3 Å². The maximum Gasteiger partial charge on any atom is 0.244 e. The number of hydrogen-bond donors (Lipinski definition) is 1. The third-order valence-corrected chi connectivity index (χ3v) is 4.67. The van der Waals surface area contributed by atoms with E-state index in [2.05, 4.69) is 10.2 Å². The number of ether oxygens (including phenoxy) is 2. The van der Waals surface area contributed by atoms with E-state index in [1.54, 1.807) is 12.1 Å². The highest BCUT2D eigenvalue weighted by atomic mass is 16.5. The molecule has 154 valence electrons. The average Bonchev–Trinajstić information content (AvgIpc) is 2.74. The van der Waals surface area contributed by atoms with Crippen molar-refractivity contribution in [3.8, 4) is 5.75 Å². The van der Waals surface area contributed by atoms with Gasteiger partial charge in [0.1, 0.15) is 12.3 Å². The van der Waals surface area contributed by atoms with Gasteiger partial charge in [-0.1, -0.05) is 24.3 Å². The van der Waals surface area contributed by atoms with E-state index in [1.165, 1.54) is 11.8 Å². The molecule has 0 unspecified atom stereocenters. The van der Waals surface area contributed by atoms with Crippen LogP contribution in [0.2, 0.25) is 0 Å². The maximum atomic E-state index is 12.8. The number of nitrogens with zero attached hydrogens (tertiary/aromatic N) is 2. The highest BCUT2D eigenvalue weighted by Gasteiger charge is 2.22. The molecule has 7 nitrogen and oxygen atoms in total. The minimum atomic E-state index is -0.288. The van der Waals surface area contributed by atoms with Crippen LogP contribution in [0.4, 0.5) is 17.1 Å². The second-order valence-corrected chi connectivity index (χ2v) is 6.67. The zero-order valence-electron chi connectivity index (χ0n) is 16.9. The molecule has 1 aliphatic heterocycles. The molecule has 0 saturated carbocycles. The lowest BCUT2D eigenvalue weighted by Crippen LogP contribution is -2.40. The summed E-state index contributed by atoms with van der Waals surface area (Å²) in [5, 5.41) is 2.86. The Morgan fingerprint density at radius 2 is 1.79 bits per heavy atom. The lowest BCUT2D eigenvalue weighted by molar-refractivity contribution is -0.120. The Morgan fingerprint density at radius 3 is 2.52 bits per heavy atom. The normalized spacial score (nSPS) is 13.7. The molecule has 0 bridgehead atoms. The zero-order valence-corrected chi connectivity index (χ0v) is 16.9. The van der Waals surface area contributed by atoms with Crippen molar-refractivity contribution in [3.05, 3.63) is 48.5 Å². The summed E-state index contributed by atoms with van der Waals surface area (Å²) in [7, 11) is 0. The fourth-order valence-corrected chi connectivity index (χ4v) is 3.31. The molecule has 1 saturated heterocycles. The quantitative estimate of drug-likeness (QED) is 0.778. The number of nitrogens with one attached hydrogen (secondary N) is 1. The molecule has 0 aliphatic carbocycles. The highest BCUT2D eigenvalue weighted by Crippen LogP contribution is 2.30. The average molecular weight is 397 g/mol.